The van der Waals surface area contributed by atoms with Crippen molar-refractivity contribution >= 4 is 11.8 Å². The van der Waals surface area contributed by atoms with Gasteiger partial charge in [-0.2, -0.15) is 0 Å². The van der Waals surface area contributed by atoms with Gasteiger partial charge in [-0.15, -0.1) is 0 Å². The Balaban J connectivity index is 3.49. The smallest absolute Gasteiger partial charge is 0.234 e. The van der Waals surface area contributed by atoms with Gasteiger partial charge in [-0.05, 0) is 6.42 Å². The molecular formula is C10H21N3O2. The van der Waals surface area contributed by atoms with Gasteiger partial charge in [0.1, 0.15) is 0 Å². The number of amides is 2. The summed E-state index contributed by atoms with van der Waals surface area (Å²) in [6.45, 7) is 2.77. The number of nitrogens with zero attached hydrogens (tertiary/aromatic N) is 1. The summed E-state index contributed by atoms with van der Waals surface area (Å²) in [7, 11) is 3.47. The molecule has 0 aromatic rings. The zero-order chi connectivity index (χ0) is 11.7. The topological polar surface area (TPSA) is 61.4 Å². The summed E-state index contributed by atoms with van der Waals surface area (Å²) in [6, 6.07) is 0. The summed E-state index contributed by atoms with van der Waals surface area (Å²) in [5.41, 5.74) is 2.58. The van der Waals surface area contributed by atoms with E-state index < -0.39 is 0 Å². The number of carbonyl (C=O) groups excluding carboxylic acids is 2. The van der Waals surface area contributed by atoms with Crippen LogP contribution in [-0.2, 0) is 9.59 Å². The van der Waals surface area contributed by atoms with Crippen LogP contribution in [-0.4, -0.2) is 37.5 Å². The second-order valence-electron chi connectivity index (χ2n) is 3.63. The lowest BCUT2D eigenvalue weighted by atomic mass is 10.2. The molecule has 0 saturated carbocycles. The molecule has 0 atom stereocenters. The monoisotopic (exact) mass is 215 g/mol. The third-order valence-corrected chi connectivity index (χ3v) is 1.78. The van der Waals surface area contributed by atoms with E-state index in [-0.39, 0.29) is 24.7 Å². The molecule has 5 nitrogen and oxygen atoms in total. The largest absolute Gasteiger partial charge is 0.356 e. The first-order valence-corrected chi connectivity index (χ1v) is 5.29. The molecule has 15 heavy (non-hydrogen) atoms. The first kappa shape index (κ1) is 13.9. The Bertz CT molecular complexity index is 205. The predicted octanol–water partition coefficient (Wildman–Crippen LogP) is 0.276. The van der Waals surface area contributed by atoms with Gasteiger partial charge in [-0.1, -0.05) is 13.3 Å². The molecule has 2 amide bonds. The third-order valence-electron chi connectivity index (χ3n) is 1.78. The maximum atomic E-state index is 11.2. The van der Waals surface area contributed by atoms with E-state index in [0.29, 0.717) is 6.54 Å². The van der Waals surface area contributed by atoms with Crippen molar-refractivity contribution in [3.63, 3.8) is 0 Å². The fourth-order valence-electron chi connectivity index (χ4n) is 1.03. The van der Waals surface area contributed by atoms with E-state index in [1.54, 1.807) is 19.1 Å². The maximum absolute atomic E-state index is 11.2. The molecule has 0 aliphatic rings. The van der Waals surface area contributed by atoms with Crippen LogP contribution in [0.4, 0.5) is 0 Å². The van der Waals surface area contributed by atoms with E-state index in [0.717, 1.165) is 12.8 Å². The van der Waals surface area contributed by atoms with E-state index >= 15 is 0 Å². The fourth-order valence-corrected chi connectivity index (χ4v) is 1.03. The van der Waals surface area contributed by atoms with Crippen LogP contribution < -0.4 is 10.7 Å². The highest BCUT2D eigenvalue weighted by Crippen LogP contribution is 1.90. The second-order valence-corrected chi connectivity index (χ2v) is 3.63. The van der Waals surface area contributed by atoms with Crippen molar-refractivity contribution in [2.75, 3.05) is 20.6 Å². The van der Waals surface area contributed by atoms with Crippen LogP contribution in [0.1, 0.15) is 32.6 Å². The average molecular weight is 215 g/mol. The van der Waals surface area contributed by atoms with Gasteiger partial charge in [0.05, 0.1) is 0 Å². The normalized spacial score (nSPS) is 10.1. The minimum atomic E-state index is -0.134. The highest BCUT2D eigenvalue weighted by Gasteiger charge is 2.06. The van der Waals surface area contributed by atoms with Crippen LogP contribution in [0.3, 0.4) is 0 Å². The number of unbranched alkanes of at least 4 members (excludes halogenated alkanes) is 1. The molecule has 0 spiro atoms. The first-order chi connectivity index (χ1) is 7.06. The van der Waals surface area contributed by atoms with Crippen molar-refractivity contribution in [1.82, 2.24) is 15.8 Å². The zero-order valence-corrected chi connectivity index (χ0v) is 9.80. The Morgan fingerprint density at radius 1 is 1.13 bits per heavy atom. The lowest BCUT2D eigenvalue weighted by Crippen LogP contribution is -2.36. The van der Waals surface area contributed by atoms with Gasteiger partial charge in [0, 0.05) is 33.5 Å². The SMILES string of the molecule is CCCCNC(=O)CCC(=O)NN(C)C. The Morgan fingerprint density at radius 3 is 2.27 bits per heavy atom. The first-order valence-electron chi connectivity index (χ1n) is 5.29. The summed E-state index contributed by atoms with van der Waals surface area (Å²) >= 11 is 0. The van der Waals surface area contributed by atoms with Crippen molar-refractivity contribution in [3.05, 3.63) is 0 Å². The van der Waals surface area contributed by atoms with Crippen molar-refractivity contribution in [2.24, 2.45) is 0 Å². The van der Waals surface area contributed by atoms with E-state index in [9.17, 15) is 9.59 Å². The highest BCUT2D eigenvalue weighted by molar-refractivity contribution is 5.83. The summed E-state index contributed by atoms with van der Waals surface area (Å²) in [4.78, 5) is 22.4. The Labute approximate surface area is 91.2 Å². The minimum Gasteiger partial charge on any atom is -0.356 e. The number of hydrazine groups is 1. The lowest BCUT2D eigenvalue weighted by molar-refractivity contribution is -0.128. The summed E-state index contributed by atoms with van der Waals surface area (Å²) in [6.07, 6.45) is 2.52. The number of hydrogen-bond acceptors (Lipinski definition) is 3. The van der Waals surface area contributed by atoms with E-state index in [1.165, 1.54) is 0 Å². The molecule has 0 rings (SSSR count). The number of carbonyl (C=O) groups is 2. The van der Waals surface area contributed by atoms with Crippen molar-refractivity contribution in [1.29, 1.82) is 0 Å². The molecule has 0 aromatic carbocycles. The van der Waals surface area contributed by atoms with Gasteiger partial charge in [-0.25, -0.2) is 5.01 Å². The molecule has 0 fully saturated rings. The van der Waals surface area contributed by atoms with Gasteiger partial charge in [0.2, 0.25) is 11.8 Å². The number of rotatable bonds is 7. The van der Waals surface area contributed by atoms with Crippen LogP contribution >= 0.6 is 0 Å². The molecule has 0 bridgehead atoms. The van der Waals surface area contributed by atoms with Crippen LogP contribution in [0.25, 0.3) is 0 Å². The molecule has 88 valence electrons. The van der Waals surface area contributed by atoms with Crippen LogP contribution in [0.2, 0.25) is 0 Å². The third kappa shape index (κ3) is 9.21. The highest BCUT2D eigenvalue weighted by atomic mass is 16.2. The molecule has 0 unspecified atom stereocenters. The Hall–Kier alpha value is -1.10. The van der Waals surface area contributed by atoms with Crippen LogP contribution in [0, 0.1) is 0 Å². The summed E-state index contributed by atoms with van der Waals surface area (Å²) < 4.78 is 0. The van der Waals surface area contributed by atoms with Crippen LogP contribution in [0.5, 0.6) is 0 Å². The van der Waals surface area contributed by atoms with Gasteiger partial charge in [-0.3, -0.25) is 15.0 Å². The van der Waals surface area contributed by atoms with Gasteiger partial charge in [0.25, 0.3) is 0 Å². The number of hydrogen-bond donors (Lipinski definition) is 2. The fraction of sp³-hybridized carbons (Fsp3) is 0.800. The van der Waals surface area contributed by atoms with Crippen LogP contribution in [0.15, 0.2) is 0 Å². The Kier molecular flexibility index (Phi) is 7.62. The Morgan fingerprint density at radius 2 is 1.73 bits per heavy atom. The van der Waals surface area contributed by atoms with E-state index in [2.05, 4.69) is 17.7 Å². The summed E-state index contributed by atoms with van der Waals surface area (Å²) in [5, 5.41) is 4.33. The van der Waals surface area contributed by atoms with Crippen molar-refractivity contribution in [3.8, 4) is 0 Å². The molecule has 0 saturated heterocycles. The van der Waals surface area contributed by atoms with Gasteiger partial charge < -0.3 is 5.32 Å². The molecule has 0 radical (unpaired) electrons. The molecule has 2 N–H and O–H groups in total. The number of nitrogens with one attached hydrogen (secondary N) is 2. The molecule has 0 aromatic heterocycles. The molecule has 0 heterocycles. The molecular weight excluding hydrogens is 194 g/mol. The quantitative estimate of drug-likeness (QED) is 0.473. The average Bonchev–Trinajstić information content (AvgIpc) is 2.14. The molecule has 0 aliphatic carbocycles. The van der Waals surface area contributed by atoms with E-state index in [4.69, 9.17) is 0 Å². The van der Waals surface area contributed by atoms with E-state index in [1.807, 2.05) is 0 Å². The second kappa shape index (κ2) is 8.23. The van der Waals surface area contributed by atoms with Gasteiger partial charge in [0.15, 0.2) is 0 Å². The minimum absolute atomic E-state index is 0.0580. The summed E-state index contributed by atoms with van der Waals surface area (Å²) in [5.74, 6) is -0.192. The standard InChI is InChI=1S/C10H21N3O2/c1-4-5-8-11-9(14)6-7-10(15)12-13(2)3/h4-8H2,1-3H3,(H,11,14)(H,12,15). The van der Waals surface area contributed by atoms with Crippen molar-refractivity contribution in [2.45, 2.75) is 32.6 Å². The van der Waals surface area contributed by atoms with Gasteiger partial charge >= 0.3 is 0 Å². The molecule has 0 aliphatic heterocycles. The zero-order valence-electron chi connectivity index (χ0n) is 9.80. The molecule has 5 heteroatoms. The predicted molar refractivity (Wildman–Crippen MR) is 59.0 cm³/mol. The maximum Gasteiger partial charge on any atom is 0.234 e. The lowest BCUT2D eigenvalue weighted by Gasteiger charge is -2.11. The van der Waals surface area contributed by atoms with Crippen molar-refractivity contribution < 1.29 is 9.59 Å².